The zero-order valence-corrected chi connectivity index (χ0v) is 14.3. The van der Waals surface area contributed by atoms with Crippen molar-refractivity contribution in [3.05, 3.63) is 57.1 Å². The van der Waals surface area contributed by atoms with Crippen LogP contribution in [0, 0.1) is 10.1 Å². The lowest BCUT2D eigenvalue weighted by Gasteiger charge is -2.04. The molecule has 2 aromatic heterocycles. The number of nitrogens with zero attached hydrogens (tertiary/aromatic N) is 2. The van der Waals surface area contributed by atoms with Crippen LogP contribution < -0.4 is 11.1 Å². The van der Waals surface area contributed by atoms with Gasteiger partial charge in [0.25, 0.3) is 11.6 Å². The first kappa shape index (κ1) is 16.8. The van der Waals surface area contributed by atoms with Crippen molar-refractivity contribution in [2.45, 2.75) is 19.8 Å². The number of nitro benzene ring substituents is 1. The van der Waals surface area contributed by atoms with Gasteiger partial charge < -0.3 is 11.1 Å². The Balaban J connectivity index is 1.86. The standard InChI is InChI=1S/C17H16N4O3S/c1-2-3-10-6-9-13-14(18)15(25-17(13)20-10)16(22)19-11-4-7-12(8-5-11)21(23)24/h4-9H,2-3,18H2,1H3,(H,19,22). The maximum atomic E-state index is 12.5. The summed E-state index contributed by atoms with van der Waals surface area (Å²) in [7, 11) is 0. The van der Waals surface area contributed by atoms with E-state index in [0.717, 1.165) is 28.8 Å². The highest BCUT2D eigenvalue weighted by atomic mass is 32.1. The minimum atomic E-state index is -0.491. The number of benzene rings is 1. The lowest BCUT2D eigenvalue weighted by atomic mass is 10.2. The molecule has 0 unspecified atom stereocenters. The fourth-order valence-electron chi connectivity index (χ4n) is 2.45. The zero-order valence-electron chi connectivity index (χ0n) is 13.5. The molecule has 128 valence electrons. The Bertz CT molecular complexity index is 950. The zero-order chi connectivity index (χ0) is 18.0. The van der Waals surface area contributed by atoms with E-state index in [4.69, 9.17) is 5.73 Å². The highest BCUT2D eigenvalue weighted by molar-refractivity contribution is 7.21. The number of aryl methyl sites for hydroxylation is 1. The van der Waals surface area contributed by atoms with Gasteiger partial charge in [0.1, 0.15) is 9.71 Å². The molecule has 0 fully saturated rings. The Morgan fingerprint density at radius 2 is 2.00 bits per heavy atom. The van der Waals surface area contributed by atoms with E-state index in [-0.39, 0.29) is 11.6 Å². The summed E-state index contributed by atoms with van der Waals surface area (Å²) in [5, 5.41) is 14.1. The summed E-state index contributed by atoms with van der Waals surface area (Å²) >= 11 is 1.24. The molecule has 1 aromatic carbocycles. The van der Waals surface area contributed by atoms with Crippen LogP contribution in [-0.2, 0) is 6.42 Å². The van der Waals surface area contributed by atoms with Gasteiger partial charge >= 0.3 is 0 Å². The van der Waals surface area contributed by atoms with Gasteiger partial charge in [-0.1, -0.05) is 13.3 Å². The molecule has 2 heterocycles. The molecule has 3 aromatic rings. The molecule has 3 N–H and O–H groups in total. The molecule has 8 heteroatoms. The fourth-order valence-corrected chi connectivity index (χ4v) is 3.46. The topological polar surface area (TPSA) is 111 Å². The Labute approximate surface area is 147 Å². The van der Waals surface area contributed by atoms with Crippen molar-refractivity contribution >= 4 is 44.5 Å². The van der Waals surface area contributed by atoms with E-state index in [2.05, 4.69) is 17.2 Å². The van der Waals surface area contributed by atoms with Gasteiger partial charge in [-0.05, 0) is 30.7 Å². The summed E-state index contributed by atoms with van der Waals surface area (Å²) < 4.78 is 0. The minimum absolute atomic E-state index is 0.0352. The van der Waals surface area contributed by atoms with Crippen LogP contribution in [0.5, 0.6) is 0 Å². The van der Waals surface area contributed by atoms with Crippen molar-refractivity contribution in [3.8, 4) is 0 Å². The Kier molecular flexibility index (Phi) is 4.62. The van der Waals surface area contributed by atoms with Crippen LogP contribution in [0.3, 0.4) is 0 Å². The number of non-ortho nitro benzene ring substituents is 1. The van der Waals surface area contributed by atoms with E-state index < -0.39 is 4.92 Å². The van der Waals surface area contributed by atoms with Crippen LogP contribution in [-0.4, -0.2) is 15.8 Å². The normalized spacial score (nSPS) is 10.8. The number of rotatable bonds is 5. The Hall–Kier alpha value is -3.00. The van der Waals surface area contributed by atoms with Gasteiger partial charge in [0.2, 0.25) is 0 Å². The lowest BCUT2D eigenvalue weighted by molar-refractivity contribution is -0.384. The number of pyridine rings is 1. The average Bonchev–Trinajstić information content (AvgIpc) is 2.92. The number of fused-ring (bicyclic) bond motifs is 1. The third-order valence-corrected chi connectivity index (χ3v) is 4.81. The van der Waals surface area contributed by atoms with Crippen molar-refractivity contribution in [1.29, 1.82) is 0 Å². The van der Waals surface area contributed by atoms with Gasteiger partial charge in [0, 0.05) is 28.9 Å². The monoisotopic (exact) mass is 356 g/mol. The number of nitrogens with two attached hydrogens (primary N) is 1. The molecular formula is C17H16N4O3S. The molecule has 0 radical (unpaired) electrons. The molecule has 3 rings (SSSR count). The number of nitrogen functional groups attached to an aromatic ring is 1. The second-order valence-corrected chi connectivity index (χ2v) is 6.51. The average molecular weight is 356 g/mol. The number of nitro groups is 1. The summed E-state index contributed by atoms with van der Waals surface area (Å²) in [6.07, 6.45) is 1.87. The predicted octanol–water partition coefficient (Wildman–Crippen LogP) is 3.99. The number of amides is 1. The number of carbonyl (C=O) groups is 1. The predicted molar refractivity (Wildman–Crippen MR) is 99.1 cm³/mol. The van der Waals surface area contributed by atoms with Crippen molar-refractivity contribution < 1.29 is 9.72 Å². The molecule has 0 aliphatic rings. The molecule has 0 aliphatic carbocycles. The number of aromatic nitrogens is 1. The summed E-state index contributed by atoms with van der Waals surface area (Å²) in [5.41, 5.74) is 7.90. The first-order valence-electron chi connectivity index (χ1n) is 7.73. The molecule has 0 saturated heterocycles. The summed E-state index contributed by atoms with van der Waals surface area (Å²) in [6, 6.07) is 9.45. The van der Waals surface area contributed by atoms with Gasteiger partial charge in [0.05, 0.1) is 10.6 Å². The highest BCUT2D eigenvalue weighted by Crippen LogP contribution is 2.33. The number of nitrogens with one attached hydrogen (secondary N) is 1. The van der Waals surface area contributed by atoms with Crippen molar-refractivity contribution in [2.75, 3.05) is 11.1 Å². The maximum absolute atomic E-state index is 12.5. The second-order valence-electron chi connectivity index (χ2n) is 5.51. The first-order valence-corrected chi connectivity index (χ1v) is 8.55. The molecule has 0 saturated carbocycles. The van der Waals surface area contributed by atoms with Crippen molar-refractivity contribution in [2.24, 2.45) is 0 Å². The third-order valence-electron chi connectivity index (χ3n) is 3.70. The highest BCUT2D eigenvalue weighted by Gasteiger charge is 2.18. The SMILES string of the molecule is CCCc1ccc2c(N)c(C(=O)Nc3ccc([N+](=O)[O-])cc3)sc2n1. The van der Waals surface area contributed by atoms with Crippen LogP contribution in [0.25, 0.3) is 10.2 Å². The molecule has 0 spiro atoms. The Morgan fingerprint density at radius 1 is 1.28 bits per heavy atom. The van der Waals surface area contributed by atoms with Gasteiger partial charge in [0.15, 0.2) is 0 Å². The quantitative estimate of drug-likeness (QED) is 0.530. The van der Waals surface area contributed by atoms with Gasteiger partial charge in [-0.15, -0.1) is 11.3 Å². The minimum Gasteiger partial charge on any atom is -0.397 e. The van der Waals surface area contributed by atoms with E-state index in [0.29, 0.717) is 16.3 Å². The molecular weight excluding hydrogens is 340 g/mol. The van der Waals surface area contributed by atoms with E-state index in [1.165, 1.54) is 35.6 Å². The van der Waals surface area contributed by atoms with E-state index >= 15 is 0 Å². The van der Waals surface area contributed by atoms with Crippen LogP contribution in [0.4, 0.5) is 17.1 Å². The third kappa shape index (κ3) is 3.43. The largest absolute Gasteiger partial charge is 0.397 e. The first-order chi connectivity index (χ1) is 12.0. The summed E-state index contributed by atoms with van der Waals surface area (Å²) in [5.74, 6) is -0.355. The van der Waals surface area contributed by atoms with Crippen LogP contribution in [0.1, 0.15) is 28.7 Å². The van der Waals surface area contributed by atoms with Crippen LogP contribution in [0.15, 0.2) is 36.4 Å². The number of hydrogen-bond donors (Lipinski definition) is 2. The number of carbonyl (C=O) groups excluding carboxylic acids is 1. The molecule has 0 bridgehead atoms. The maximum Gasteiger partial charge on any atom is 0.269 e. The van der Waals surface area contributed by atoms with E-state index in [1.54, 1.807) is 0 Å². The van der Waals surface area contributed by atoms with Crippen LogP contribution >= 0.6 is 11.3 Å². The second kappa shape index (κ2) is 6.86. The molecule has 25 heavy (non-hydrogen) atoms. The number of hydrogen-bond acceptors (Lipinski definition) is 6. The lowest BCUT2D eigenvalue weighted by Crippen LogP contribution is -2.11. The van der Waals surface area contributed by atoms with E-state index in [9.17, 15) is 14.9 Å². The smallest absolute Gasteiger partial charge is 0.269 e. The Morgan fingerprint density at radius 3 is 2.64 bits per heavy atom. The summed E-state index contributed by atoms with van der Waals surface area (Å²) in [6.45, 7) is 2.08. The fraction of sp³-hybridized carbons (Fsp3) is 0.176. The van der Waals surface area contributed by atoms with Crippen molar-refractivity contribution in [1.82, 2.24) is 4.98 Å². The van der Waals surface area contributed by atoms with Gasteiger partial charge in [-0.25, -0.2) is 4.98 Å². The van der Waals surface area contributed by atoms with Gasteiger partial charge in [-0.2, -0.15) is 0 Å². The number of anilines is 2. The van der Waals surface area contributed by atoms with Crippen molar-refractivity contribution in [3.63, 3.8) is 0 Å². The van der Waals surface area contributed by atoms with Crippen LogP contribution in [0.2, 0.25) is 0 Å². The number of thiophene rings is 1. The molecule has 0 atom stereocenters. The van der Waals surface area contributed by atoms with Gasteiger partial charge in [-0.3, -0.25) is 14.9 Å². The molecule has 0 aliphatic heterocycles. The molecule has 1 amide bonds. The van der Waals surface area contributed by atoms with E-state index in [1.807, 2.05) is 12.1 Å². The summed E-state index contributed by atoms with van der Waals surface area (Å²) in [4.78, 5) is 28.3. The molecule has 7 nitrogen and oxygen atoms in total.